The lowest BCUT2D eigenvalue weighted by molar-refractivity contribution is 0.479. The molecule has 3 aromatic rings. The summed E-state index contributed by atoms with van der Waals surface area (Å²) in [6, 6.07) is 16.3. The minimum atomic E-state index is 0.233. The number of aromatic hydroxyl groups is 1. The minimum Gasteiger partial charge on any atom is -0.506 e. The van der Waals surface area contributed by atoms with Crippen molar-refractivity contribution in [3.8, 4) is 5.75 Å². The molecule has 0 fully saturated rings. The van der Waals surface area contributed by atoms with E-state index in [-0.39, 0.29) is 5.75 Å². The molecule has 0 saturated heterocycles. The highest BCUT2D eigenvalue weighted by molar-refractivity contribution is 7.99. The summed E-state index contributed by atoms with van der Waals surface area (Å²) >= 11 is 1.71. The van der Waals surface area contributed by atoms with Crippen molar-refractivity contribution in [2.75, 3.05) is 0 Å². The molecule has 1 aromatic heterocycles. The van der Waals surface area contributed by atoms with E-state index in [2.05, 4.69) is 23.2 Å². The predicted molar refractivity (Wildman–Crippen MR) is 78.7 cm³/mol. The number of pyridine rings is 1. The van der Waals surface area contributed by atoms with Crippen LogP contribution < -0.4 is 0 Å². The van der Waals surface area contributed by atoms with Crippen molar-refractivity contribution in [1.82, 2.24) is 4.98 Å². The summed E-state index contributed by atoms with van der Waals surface area (Å²) in [6.07, 6.45) is 1.50. The van der Waals surface area contributed by atoms with Gasteiger partial charge in [0.2, 0.25) is 0 Å². The fourth-order valence-corrected chi connectivity index (χ4v) is 2.91. The van der Waals surface area contributed by atoms with Gasteiger partial charge in [-0.3, -0.25) is 4.98 Å². The van der Waals surface area contributed by atoms with E-state index < -0.39 is 0 Å². The summed E-state index contributed by atoms with van der Waals surface area (Å²) in [5.41, 5.74) is 0.934. The summed E-state index contributed by atoms with van der Waals surface area (Å²) in [7, 11) is 0. The third-order valence-electron chi connectivity index (χ3n) is 3.02. The second kappa shape index (κ2) is 4.94. The van der Waals surface area contributed by atoms with Crippen molar-refractivity contribution in [2.45, 2.75) is 16.7 Å². The van der Waals surface area contributed by atoms with E-state index in [1.165, 1.54) is 11.1 Å². The van der Waals surface area contributed by atoms with Crippen LogP contribution in [0.2, 0.25) is 0 Å². The highest BCUT2D eigenvalue weighted by atomic mass is 32.2. The fraction of sp³-hybridized carbons (Fsp3) is 0.0625. The Morgan fingerprint density at radius 3 is 2.53 bits per heavy atom. The molecule has 94 valence electrons. The number of rotatable bonds is 2. The Morgan fingerprint density at radius 1 is 0.947 bits per heavy atom. The van der Waals surface area contributed by atoms with Gasteiger partial charge in [0.25, 0.3) is 0 Å². The average molecular weight is 267 g/mol. The largest absolute Gasteiger partial charge is 0.506 e. The first-order valence-corrected chi connectivity index (χ1v) is 6.87. The van der Waals surface area contributed by atoms with Gasteiger partial charge in [-0.05, 0) is 37.3 Å². The van der Waals surface area contributed by atoms with Crippen LogP contribution in [0.25, 0.3) is 10.8 Å². The Bertz CT molecular complexity index is 725. The van der Waals surface area contributed by atoms with Gasteiger partial charge in [-0.25, -0.2) is 0 Å². The Hall–Kier alpha value is -2.00. The van der Waals surface area contributed by atoms with Crippen molar-refractivity contribution >= 4 is 22.5 Å². The quantitative estimate of drug-likeness (QED) is 0.747. The second-order valence-electron chi connectivity index (χ2n) is 4.35. The molecule has 1 N–H and O–H groups in total. The van der Waals surface area contributed by atoms with Crippen LogP contribution in [0.3, 0.4) is 0 Å². The van der Waals surface area contributed by atoms with Crippen LogP contribution in [0.4, 0.5) is 0 Å². The summed E-state index contributed by atoms with van der Waals surface area (Å²) in [6.45, 7) is 1.96. The Balaban J connectivity index is 2.05. The summed E-state index contributed by atoms with van der Waals surface area (Å²) in [4.78, 5) is 6.54. The molecule has 0 aliphatic carbocycles. The molecular formula is C16H13NOS. The van der Waals surface area contributed by atoms with Gasteiger partial charge in [-0.15, -0.1) is 0 Å². The first-order chi connectivity index (χ1) is 9.24. The lowest BCUT2D eigenvalue weighted by atomic mass is 10.1. The van der Waals surface area contributed by atoms with Gasteiger partial charge < -0.3 is 5.11 Å². The number of aryl methyl sites for hydroxylation is 1. The third-order valence-corrected chi connectivity index (χ3v) is 4.01. The van der Waals surface area contributed by atoms with Gasteiger partial charge in [-0.2, -0.15) is 0 Å². The zero-order valence-corrected chi connectivity index (χ0v) is 11.3. The van der Waals surface area contributed by atoms with Crippen LogP contribution in [0.1, 0.15) is 5.69 Å². The smallest absolute Gasteiger partial charge is 0.141 e. The Labute approximate surface area is 116 Å². The Kier molecular flexibility index (Phi) is 3.13. The molecular weight excluding hydrogens is 254 g/mol. The van der Waals surface area contributed by atoms with Crippen LogP contribution in [-0.4, -0.2) is 10.1 Å². The van der Waals surface area contributed by atoms with E-state index in [0.717, 1.165) is 21.4 Å². The second-order valence-corrected chi connectivity index (χ2v) is 5.50. The molecule has 2 nitrogen and oxygen atoms in total. The number of hydrogen-bond donors (Lipinski definition) is 1. The van der Waals surface area contributed by atoms with E-state index in [1.807, 2.05) is 37.3 Å². The highest BCUT2D eigenvalue weighted by Crippen LogP contribution is 2.33. The molecule has 1 heterocycles. The van der Waals surface area contributed by atoms with Crippen molar-refractivity contribution in [1.29, 1.82) is 0 Å². The van der Waals surface area contributed by atoms with Gasteiger partial charge in [0.05, 0.1) is 6.20 Å². The van der Waals surface area contributed by atoms with Gasteiger partial charge in [-0.1, -0.05) is 30.0 Å². The molecule has 0 atom stereocenters. The number of hydrogen-bond acceptors (Lipinski definition) is 3. The topological polar surface area (TPSA) is 33.1 Å². The maximum Gasteiger partial charge on any atom is 0.141 e. The van der Waals surface area contributed by atoms with Crippen LogP contribution in [-0.2, 0) is 0 Å². The molecule has 3 rings (SSSR count). The van der Waals surface area contributed by atoms with E-state index in [0.29, 0.717) is 0 Å². The lowest BCUT2D eigenvalue weighted by Gasteiger charge is -2.07. The van der Waals surface area contributed by atoms with Gasteiger partial charge >= 0.3 is 0 Å². The molecule has 0 radical (unpaired) electrons. The SMILES string of the molecule is Cc1ncc(O)c2ccc(Sc3ccccc3)cc12. The fourth-order valence-electron chi connectivity index (χ4n) is 2.03. The van der Waals surface area contributed by atoms with Crippen molar-refractivity contribution < 1.29 is 5.11 Å². The van der Waals surface area contributed by atoms with Crippen molar-refractivity contribution in [3.05, 3.63) is 60.4 Å². The first kappa shape index (κ1) is 12.1. The van der Waals surface area contributed by atoms with E-state index in [1.54, 1.807) is 11.8 Å². The molecule has 0 spiro atoms. The normalized spacial score (nSPS) is 10.8. The van der Waals surface area contributed by atoms with Crippen molar-refractivity contribution in [2.24, 2.45) is 0 Å². The summed E-state index contributed by atoms with van der Waals surface area (Å²) < 4.78 is 0. The number of aromatic nitrogens is 1. The summed E-state index contributed by atoms with van der Waals surface area (Å²) in [5, 5.41) is 11.7. The van der Waals surface area contributed by atoms with Gasteiger partial charge in [0.15, 0.2) is 0 Å². The monoisotopic (exact) mass is 267 g/mol. The average Bonchev–Trinajstić information content (AvgIpc) is 2.44. The van der Waals surface area contributed by atoms with Crippen molar-refractivity contribution in [3.63, 3.8) is 0 Å². The minimum absolute atomic E-state index is 0.233. The number of benzene rings is 2. The molecule has 0 aliphatic rings. The molecule has 0 amide bonds. The number of nitrogens with zero attached hydrogens (tertiary/aromatic N) is 1. The lowest BCUT2D eigenvalue weighted by Crippen LogP contribution is -1.85. The molecule has 0 saturated carbocycles. The van der Waals surface area contributed by atoms with Crippen LogP contribution >= 0.6 is 11.8 Å². The van der Waals surface area contributed by atoms with E-state index >= 15 is 0 Å². The standard InChI is InChI=1S/C16H13NOS/c1-11-15-9-13(19-12-5-3-2-4-6-12)7-8-14(15)16(18)10-17-11/h2-10,18H,1H3. The maximum atomic E-state index is 9.81. The van der Waals surface area contributed by atoms with Gasteiger partial charge in [0.1, 0.15) is 5.75 Å². The van der Waals surface area contributed by atoms with Gasteiger partial charge in [0, 0.05) is 26.3 Å². The zero-order chi connectivity index (χ0) is 13.2. The zero-order valence-electron chi connectivity index (χ0n) is 10.5. The first-order valence-electron chi connectivity index (χ1n) is 6.05. The molecule has 19 heavy (non-hydrogen) atoms. The Morgan fingerprint density at radius 2 is 1.74 bits per heavy atom. The maximum absolute atomic E-state index is 9.81. The molecule has 3 heteroatoms. The van der Waals surface area contributed by atoms with Crippen LogP contribution in [0, 0.1) is 6.92 Å². The van der Waals surface area contributed by atoms with Crippen LogP contribution in [0.5, 0.6) is 5.75 Å². The highest BCUT2D eigenvalue weighted by Gasteiger charge is 2.05. The predicted octanol–water partition coefficient (Wildman–Crippen LogP) is 4.40. The van der Waals surface area contributed by atoms with E-state index in [4.69, 9.17) is 0 Å². The summed E-state index contributed by atoms with van der Waals surface area (Å²) in [5.74, 6) is 0.233. The molecule has 0 unspecified atom stereocenters. The molecule has 2 aromatic carbocycles. The third kappa shape index (κ3) is 2.42. The van der Waals surface area contributed by atoms with Crippen LogP contribution in [0.15, 0.2) is 64.5 Å². The number of fused-ring (bicyclic) bond motifs is 1. The molecule has 0 bridgehead atoms. The molecule has 0 aliphatic heterocycles. The van der Waals surface area contributed by atoms with E-state index in [9.17, 15) is 5.11 Å².